The molecule has 0 spiro atoms. The molecule has 0 fully saturated rings. The SMILES string of the molecule is COC(=O)CCN(C)C(=O)c1ccc(F)c([N+](=O)[O-])c1. The molecular formula is C12H13FN2O5. The van der Waals surface area contributed by atoms with E-state index in [1.807, 2.05) is 0 Å². The summed E-state index contributed by atoms with van der Waals surface area (Å²) < 4.78 is 17.6. The average molecular weight is 284 g/mol. The van der Waals surface area contributed by atoms with Crippen molar-refractivity contribution in [2.24, 2.45) is 0 Å². The van der Waals surface area contributed by atoms with Crippen molar-refractivity contribution in [1.82, 2.24) is 4.90 Å². The number of hydrogen-bond donors (Lipinski definition) is 0. The monoisotopic (exact) mass is 284 g/mol. The first kappa shape index (κ1) is 15.5. The third-order valence-corrected chi connectivity index (χ3v) is 2.62. The summed E-state index contributed by atoms with van der Waals surface area (Å²) in [6.45, 7) is 0.0939. The first-order valence-electron chi connectivity index (χ1n) is 5.63. The fourth-order valence-electron chi connectivity index (χ4n) is 1.47. The number of rotatable bonds is 5. The predicted octanol–water partition coefficient (Wildman–Crippen LogP) is 1.37. The highest BCUT2D eigenvalue weighted by Gasteiger charge is 2.19. The molecule has 0 saturated heterocycles. The van der Waals surface area contributed by atoms with Gasteiger partial charge in [0.15, 0.2) is 0 Å². The zero-order chi connectivity index (χ0) is 15.3. The van der Waals surface area contributed by atoms with E-state index in [9.17, 15) is 24.1 Å². The Bertz CT molecular complexity index is 547. The van der Waals surface area contributed by atoms with Crippen LogP contribution in [0, 0.1) is 15.9 Å². The van der Waals surface area contributed by atoms with Gasteiger partial charge in [-0.2, -0.15) is 4.39 Å². The van der Waals surface area contributed by atoms with E-state index >= 15 is 0 Å². The van der Waals surface area contributed by atoms with E-state index in [-0.39, 0.29) is 18.5 Å². The molecule has 0 unspecified atom stereocenters. The van der Waals surface area contributed by atoms with Gasteiger partial charge in [0.2, 0.25) is 5.82 Å². The van der Waals surface area contributed by atoms with Crippen LogP contribution in [-0.4, -0.2) is 42.4 Å². The van der Waals surface area contributed by atoms with Gasteiger partial charge in [0.25, 0.3) is 5.91 Å². The second kappa shape index (κ2) is 6.60. The number of carbonyl (C=O) groups excluding carboxylic acids is 2. The number of esters is 1. The Hall–Kier alpha value is -2.51. The Labute approximate surface area is 114 Å². The Morgan fingerprint density at radius 1 is 1.45 bits per heavy atom. The molecule has 1 aromatic carbocycles. The number of amides is 1. The molecule has 8 heteroatoms. The van der Waals surface area contributed by atoms with Crippen LogP contribution in [-0.2, 0) is 9.53 Å². The van der Waals surface area contributed by atoms with Gasteiger partial charge in [0.05, 0.1) is 18.5 Å². The van der Waals surface area contributed by atoms with Gasteiger partial charge >= 0.3 is 11.7 Å². The lowest BCUT2D eigenvalue weighted by atomic mass is 10.1. The highest BCUT2D eigenvalue weighted by Crippen LogP contribution is 2.19. The largest absolute Gasteiger partial charge is 0.469 e. The zero-order valence-electron chi connectivity index (χ0n) is 11.0. The van der Waals surface area contributed by atoms with Crippen molar-refractivity contribution in [2.45, 2.75) is 6.42 Å². The quantitative estimate of drug-likeness (QED) is 0.462. The van der Waals surface area contributed by atoms with E-state index in [0.717, 1.165) is 18.2 Å². The number of nitro groups is 1. The second-order valence-electron chi connectivity index (χ2n) is 3.98. The molecule has 0 aromatic heterocycles. The number of halogens is 1. The molecule has 1 amide bonds. The van der Waals surface area contributed by atoms with Crippen LogP contribution in [0.4, 0.5) is 10.1 Å². The zero-order valence-corrected chi connectivity index (χ0v) is 11.0. The average Bonchev–Trinajstić information content (AvgIpc) is 2.43. The Morgan fingerprint density at radius 3 is 2.65 bits per heavy atom. The normalized spacial score (nSPS) is 9.95. The molecule has 0 aliphatic heterocycles. The van der Waals surface area contributed by atoms with Gasteiger partial charge in [-0.15, -0.1) is 0 Å². The van der Waals surface area contributed by atoms with Crippen molar-refractivity contribution < 1.29 is 23.6 Å². The first-order valence-corrected chi connectivity index (χ1v) is 5.63. The Balaban J connectivity index is 2.84. The van der Waals surface area contributed by atoms with E-state index in [1.165, 1.54) is 19.1 Å². The molecule has 7 nitrogen and oxygen atoms in total. The van der Waals surface area contributed by atoms with E-state index in [2.05, 4.69) is 4.74 Å². The predicted molar refractivity (Wildman–Crippen MR) is 66.6 cm³/mol. The van der Waals surface area contributed by atoms with Crippen molar-refractivity contribution in [1.29, 1.82) is 0 Å². The van der Waals surface area contributed by atoms with Crippen LogP contribution in [0.15, 0.2) is 18.2 Å². The topological polar surface area (TPSA) is 89.8 Å². The Kier molecular flexibility index (Phi) is 5.13. The van der Waals surface area contributed by atoms with Gasteiger partial charge in [-0.3, -0.25) is 19.7 Å². The van der Waals surface area contributed by atoms with Crippen LogP contribution in [0.25, 0.3) is 0 Å². The lowest BCUT2D eigenvalue weighted by Gasteiger charge is -2.16. The van der Waals surface area contributed by atoms with Crippen LogP contribution >= 0.6 is 0 Å². The van der Waals surface area contributed by atoms with Gasteiger partial charge in [0.1, 0.15) is 0 Å². The number of ether oxygens (including phenoxy) is 1. The minimum Gasteiger partial charge on any atom is -0.469 e. The van der Waals surface area contributed by atoms with E-state index in [1.54, 1.807) is 0 Å². The molecule has 0 heterocycles. The summed E-state index contributed by atoms with van der Waals surface area (Å²) in [7, 11) is 2.66. The number of carbonyl (C=O) groups is 2. The molecule has 0 N–H and O–H groups in total. The van der Waals surface area contributed by atoms with Crippen molar-refractivity contribution >= 4 is 17.6 Å². The molecule has 0 atom stereocenters. The molecule has 0 aliphatic carbocycles. The molecule has 0 saturated carbocycles. The maximum atomic E-state index is 13.2. The van der Waals surface area contributed by atoms with Crippen LogP contribution in [0.3, 0.4) is 0 Å². The number of nitrogens with zero attached hydrogens (tertiary/aromatic N) is 2. The van der Waals surface area contributed by atoms with Gasteiger partial charge in [-0.05, 0) is 12.1 Å². The molecular weight excluding hydrogens is 271 g/mol. The highest BCUT2D eigenvalue weighted by molar-refractivity contribution is 5.94. The molecule has 0 radical (unpaired) electrons. The Morgan fingerprint density at radius 2 is 2.10 bits per heavy atom. The van der Waals surface area contributed by atoms with Crippen molar-refractivity contribution in [2.75, 3.05) is 20.7 Å². The number of benzene rings is 1. The third-order valence-electron chi connectivity index (χ3n) is 2.62. The minimum atomic E-state index is -1.01. The summed E-state index contributed by atoms with van der Waals surface area (Å²) in [4.78, 5) is 33.8. The number of methoxy groups -OCH3 is 1. The highest BCUT2D eigenvalue weighted by atomic mass is 19.1. The van der Waals surface area contributed by atoms with Crippen LogP contribution < -0.4 is 0 Å². The molecule has 1 aromatic rings. The summed E-state index contributed by atoms with van der Waals surface area (Å²) in [6, 6.07) is 2.88. The number of nitro benzene ring substituents is 1. The van der Waals surface area contributed by atoms with Gasteiger partial charge < -0.3 is 9.64 Å². The molecule has 0 aliphatic rings. The van der Waals surface area contributed by atoms with Crippen molar-refractivity contribution in [3.63, 3.8) is 0 Å². The summed E-state index contributed by atoms with van der Waals surface area (Å²) in [5.74, 6) is -2.03. The van der Waals surface area contributed by atoms with Gasteiger partial charge in [-0.25, -0.2) is 0 Å². The fraction of sp³-hybridized carbons (Fsp3) is 0.333. The van der Waals surface area contributed by atoms with E-state index < -0.39 is 28.3 Å². The van der Waals surface area contributed by atoms with Crippen molar-refractivity contribution in [3.05, 3.63) is 39.7 Å². The maximum Gasteiger partial charge on any atom is 0.307 e. The minimum absolute atomic E-state index is 0.00201. The second-order valence-corrected chi connectivity index (χ2v) is 3.98. The van der Waals surface area contributed by atoms with Crippen LogP contribution in [0.1, 0.15) is 16.8 Å². The summed E-state index contributed by atoms with van der Waals surface area (Å²) >= 11 is 0. The molecule has 108 valence electrons. The number of hydrogen-bond acceptors (Lipinski definition) is 5. The summed E-state index contributed by atoms with van der Waals surface area (Å²) in [6.07, 6.45) is 0.00201. The summed E-state index contributed by atoms with van der Waals surface area (Å²) in [5.41, 5.74) is -0.789. The fourth-order valence-corrected chi connectivity index (χ4v) is 1.47. The lowest BCUT2D eigenvalue weighted by Crippen LogP contribution is -2.29. The van der Waals surface area contributed by atoms with Crippen LogP contribution in [0.2, 0.25) is 0 Å². The molecule has 0 bridgehead atoms. The van der Waals surface area contributed by atoms with Crippen molar-refractivity contribution in [3.8, 4) is 0 Å². The molecule has 20 heavy (non-hydrogen) atoms. The standard InChI is InChI=1S/C12H13FN2O5/c1-14(6-5-11(16)20-2)12(17)8-3-4-9(13)10(7-8)15(18)19/h3-4,7H,5-6H2,1-2H3. The van der Waals surface area contributed by atoms with Gasteiger partial charge in [-0.1, -0.05) is 0 Å². The summed E-state index contributed by atoms with van der Waals surface area (Å²) in [5, 5.41) is 10.6. The van der Waals surface area contributed by atoms with E-state index in [4.69, 9.17) is 0 Å². The lowest BCUT2D eigenvalue weighted by molar-refractivity contribution is -0.387. The smallest absolute Gasteiger partial charge is 0.307 e. The maximum absolute atomic E-state index is 13.2. The third kappa shape index (κ3) is 3.74. The van der Waals surface area contributed by atoms with Crippen LogP contribution in [0.5, 0.6) is 0 Å². The molecule has 1 rings (SSSR count). The van der Waals surface area contributed by atoms with E-state index in [0.29, 0.717) is 0 Å². The van der Waals surface area contributed by atoms with Gasteiger partial charge in [0, 0.05) is 25.2 Å². The first-order chi connectivity index (χ1) is 9.36.